The van der Waals surface area contributed by atoms with Crippen molar-refractivity contribution in [3.8, 4) is 0 Å². The first kappa shape index (κ1) is 17.7. The number of rotatable bonds is 2. The van der Waals surface area contributed by atoms with Crippen LogP contribution in [0.2, 0.25) is 0 Å². The molecule has 0 aliphatic carbocycles. The van der Waals surface area contributed by atoms with Gasteiger partial charge in [-0.15, -0.1) is 36.2 Å². The molecule has 2 aromatic heterocycles. The summed E-state index contributed by atoms with van der Waals surface area (Å²) in [6, 6.07) is 8.66. The van der Waals surface area contributed by atoms with E-state index < -0.39 is 0 Å². The van der Waals surface area contributed by atoms with E-state index in [2.05, 4.69) is 4.98 Å². The van der Waals surface area contributed by atoms with Crippen molar-refractivity contribution in [1.29, 1.82) is 0 Å². The first-order valence-corrected chi connectivity index (χ1v) is 6.84. The minimum Gasteiger partial charge on any atom is -0.397 e. The lowest BCUT2D eigenvalue weighted by atomic mass is 10.1. The first-order chi connectivity index (χ1) is 9.16. The lowest BCUT2D eigenvalue weighted by molar-refractivity contribution is 0.614. The monoisotopic (exact) mass is 344 g/mol. The van der Waals surface area contributed by atoms with E-state index >= 15 is 0 Å². The summed E-state index contributed by atoms with van der Waals surface area (Å²) in [7, 11) is 0. The lowest BCUT2D eigenvalue weighted by Crippen LogP contribution is -1.91. The second-order valence-electron chi connectivity index (χ2n) is 4.50. The van der Waals surface area contributed by atoms with E-state index in [-0.39, 0.29) is 30.6 Å². The van der Waals surface area contributed by atoms with Gasteiger partial charge in [-0.25, -0.2) is 4.39 Å². The van der Waals surface area contributed by atoms with Crippen LogP contribution < -0.4 is 5.73 Å². The van der Waals surface area contributed by atoms with Crippen molar-refractivity contribution < 1.29 is 4.39 Å². The second-order valence-corrected chi connectivity index (χ2v) is 5.60. The van der Waals surface area contributed by atoms with Crippen molar-refractivity contribution in [3.63, 3.8) is 0 Å². The van der Waals surface area contributed by atoms with Gasteiger partial charge in [0.15, 0.2) is 0 Å². The molecule has 3 aromatic rings. The molecule has 0 amide bonds. The predicted octanol–water partition coefficient (Wildman–Crippen LogP) is 4.76. The van der Waals surface area contributed by atoms with Crippen molar-refractivity contribution in [2.24, 2.45) is 0 Å². The maximum absolute atomic E-state index is 13.7. The fraction of sp³-hybridized carbons (Fsp3) is 0.133. The number of hydrogen-bond donors (Lipinski definition) is 1. The molecule has 0 saturated heterocycles. The van der Waals surface area contributed by atoms with Crippen LogP contribution in [0.3, 0.4) is 0 Å². The Morgan fingerprint density at radius 1 is 1.19 bits per heavy atom. The normalized spacial score (nSPS) is 10.0. The number of fused-ring (bicyclic) bond motifs is 1. The number of aromatic nitrogens is 1. The highest BCUT2D eigenvalue weighted by Gasteiger charge is 2.13. The third-order valence-electron chi connectivity index (χ3n) is 3.24. The van der Waals surface area contributed by atoms with Crippen molar-refractivity contribution in [2.75, 3.05) is 5.73 Å². The average Bonchev–Trinajstić information content (AvgIpc) is 2.72. The van der Waals surface area contributed by atoms with Crippen LogP contribution in [0.1, 0.15) is 16.0 Å². The van der Waals surface area contributed by atoms with Gasteiger partial charge in [-0.1, -0.05) is 18.2 Å². The van der Waals surface area contributed by atoms with Gasteiger partial charge in [0.1, 0.15) is 5.82 Å². The Bertz CT molecular complexity index is 759. The van der Waals surface area contributed by atoms with Crippen molar-refractivity contribution >= 4 is 52.1 Å². The third-order valence-corrected chi connectivity index (χ3v) is 4.57. The number of hydrogen-bond acceptors (Lipinski definition) is 3. The number of benzene rings is 1. The molecule has 0 spiro atoms. The van der Waals surface area contributed by atoms with E-state index in [0.717, 1.165) is 26.3 Å². The Hall–Kier alpha value is -1.36. The highest BCUT2D eigenvalue weighted by atomic mass is 35.5. The standard InChI is InChI=1S/C15H13FN2S.2ClH/c1-9-13(8-10-4-2-3-5-11(10)16)19-15-12(17)6-7-18-14(9)15;;/h2-7H,8H2,1H3,(H2,17,18);2*1H. The van der Waals surface area contributed by atoms with Crippen LogP contribution in [0.5, 0.6) is 0 Å². The van der Waals surface area contributed by atoms with Gasteiger partial charge in [-0.2, -0.15) is 0 Å². The molecule has 3 rings (SSSR count). The summed E-state index contributed by atoms with van der Waals surface area (Å²) >= 11 is 1.60. The zero-order chi connectivity index (χ0) is 13.4. The summed E-state index contributed by atoms with van der Waals surface area (Å²) < 4.78 is 14.7. The van der Waals surface area contributed by atoms with E-state index in [9.17, 15) is 4.39 Å². The molecule has 0 radical (unpaired) electrons. The van der Waals surface area contributed by atoms with Crippen molar-refractivity contribution in [3.05, 3.63) is 58.3 Å². The molecule has 2 heterocycles. The topological polar surface area (TPSA) is 38.9 Å². The molecule has 6 heteroatoms. The minimum atomic E-state index is -0.166. The number of thiophene rings is 1. The van der Waals surface area contributed by atoms with Gasteiger partial charge >= 0.3 is 0 Å². The zero-order valence-electron chi connectivity index (χ0n) is 11.3. The summed E-state index contributed by atoms with van der Waals surface area (Å²) in [5.74, 6) is -0.166. The Morgan fingerprint density at radius 2 is 1.90 bits per heavy atom. The molecular formula is C15H15Cl2FN2S. The molecule has 1 aromatic carbocycles. The molecule has 2 N–H and O–H groups in total. The van der Waals surface area contributed by atoms with Gasteiger partial charge in [0.25, 0.3) is 0 Å². The lowest BCUT2D eigenvalue weighted by Gasteiger charge is -2.01. The van der Waals surface area contributed by atoms with Crippen LogP contribution in [0.25, 0.3) is 10.2 Å². The number of pyridine rings is 1. The summed E-state index contributed by atoms with van der Waals surface area (Å²) in [5, 5.41) is 0. The molecule has 2 nitrogen and oxygen atoms in total. The van der Waals surface area contributed by atoms with Gasteiger partial charge in [-0.3, -0.25) is 4.98 Å². The number of aryl methyl sites for hydroxylation is 1. The molecule has 0 bridgehead atoms. The maximum atomic E-state index is 13.7. The minimum absolute atomic E-state index is 0. The van der Waals surface area contributed by atoms with Crippen LogP contribution >= 0.6 is 36.2 Å². The molecule has 0 aliphatic rings. The molecule has 0 unspecified atom stereocenters. The predicted molar refractivity (Wildman–Crippen MR) is 92.5 cm³/mol. The van der Waals surface area contributed by atoms with E-state index in [4.69, 9.17) is 5.73 Å². The Labute approximate surface area is 139 Å². The molecular weight excluding hydrogens is 330 g/mol. The fourth-order valence-electron chi connectivity index (χ4n) is 2.15. The molecule has 0 atom stereocenters. The number of anilines is 1. The molecule has 0 fully saturated rings. The number of nitrogens with two attached hydrogens (primary N) is 1. The van der Waals surface area contributed by atoms with Gasteiger partial charge < -0.3 is 5.73 Å². The van der Waals surface area contributed by atoms with Crippen LogP contribution in [0.15, 0.2) is 36.5 Å². The van der Waals surface area contributed by atoms with Crippen LogP contribution in [-0.2, 0) is 6.42 Å². The smallest absolute Gasteiger partial charge is 0.126 e. The molecule has 112 valence electrons. The van der Waals surface area contributed by atoms with Gasteiger partial charge in [0.2, 0.25) is 0 Å². The molecule has 0 aliphatic heterocycles. The average molecular weight is 345 g/mol. The largest absolute Gasteiger partial charge is 0.397 e. The number of halogens is 3. The van der Waals surface area contributed by atoms with E-state index in [1.165, 1.54) is 6.07 Å². The van der Waals surface area contributed by atoms with Gasteiger partial charge in [-0.05, 0) is 30.2 Å². The maximum Gasteiger partial charge on any atom is 0.126 e. The van der Waals surface area contributed by atoms with Crippen LogP contribution in [0, 0.1) is 12.7 Å². The summed E-state index contributed by atoms with van der Waals surface area (Å²) in [6.07, 6.45) is 2.29. The Balaban J connectivity index is 0.00000110. The first-order valence-electron chi connectivity index (χ1n) is 6.02. The van der Waals surface area contributed by atoms with E-state index in [1.807, 2.05) is 19.1 Å². The number of nitrogens with zero attached hydrogens (tertiary/aromatic N) is 1. The quantitative estimate of drug-likeness (QED) is 0.727. The highest BCUT2D eigenvalue weighted by Crippen LogP contribution is 2.34. The summed E-state index contributed by atoms with van der Waals surface area (Å²) in [5.41, 5.74) is 9.42. The zero-order valence-corrected chi connectivity index (χ0v) is 13.7. The Kier molecular flexibility index (Phi) is 5.96. The van der Waals surface area contributed by atoms with E-state index in [0.29, 0.717) is 12.0 Å². The fourth-order valence-corrected chi connectivity index (χ4v) is 3.36. The van der Waals surface area contributed by atoms with Crippen molar-refractivity contribution in [1.82, 2.24) is 4.98 Å². The van der Waals surface area contributed by atoms with Gasteiger partial charge in [0.05, 0.1) is 15.9 Å². The van der Waals surface area contributed by atoms with Crippen LogP contribution in [0.4, 0.5) is 10.1 Å². The van der Waals surface area contributed by atoms with Gasteiger partial charge in [0, 0.05) is 17.5 Å². The SMILES string of the molecule is Cc1c(Cc2ccccc2F)sc2c(N)ccnc12.Cl.Cl. The molecule has 0 saturated carbocycles. The van der Waals surface area contributed by atoms with Crippen LogP contribution in [-0.4, -0.2) is 4.98 Å². The van der Waals surface area contributed by atoms with E-state index in [1.54, 1.807) is 29.7 Å². The number of nitrogen functional groups attached to an aromatic ring is 1. The molecule has 21 heavy (non-hydrogen) atoms. The summed E-state index contributed by atoms with van der Waals surface area (Å²) in [4.78, 5) is 5.48. The summed E-state index contributed by atoms with van der Waals surface area (Å²) in [6.45, 7) is 2.02. The Morgan fingerprint density at radius 3 is 2.57 bits per heavy atom. The second kappa shape index (κ2) is 7.07. The third kappa shape index (κ3) is 3.28. The highest BCUT2D eigenvalue weighted by molar-refractivity contribution is 7.19. The van der Waals surface area contributed by atoms with Crippen molar-refractivity contribution in [2.45, 2.75) is 13.3 Å².